The van der Waals surface area contributed by atoms with Gasteiger partial charge in [0.25, 0.3) is 5.91 Å². The van der Waals surface area contributed by atoms with Crippen LogP contribution in [0.25, 0.3) is 0 Å². The van der Waals surface area contributed by atoms with Crippen LogP contribution in [-0.2, 0) is 4.79 Å². The van der Waals surface area contributed by atoms with Gasteiger partial charge >= 0.3 is 0 Å². The summed E-state index contributed by atoms with van der Waals surface area (Å²) in [5.41, 5.74) is -0.0101. The molecular formula is C18H15F3N2O2. The number of amides is 2. The van der Waals surface area contributed by atoms with Crippen LogP contribution in [0.15, 0.2) is 42.5 Å². The zero-order valence-corrected chi connectivity index (χ0v) is 13.1. The van der Waals surface area contributed by atoms with Gasteiger partial charge in [0.1, 0.15) is 23.5 Å². The maximum absolute atomic E-state index is 13.7. The molecule has 3 rings (SSSR count). The molecule has 1 fully saturated rings. The monoisotopic (exact) mass is 348 g/mol. The van der Waals surface area contributed by atoms with Gasteiger partial charge in [-0.15, -0.1) is 0 Å². The van der Waals surface area contributed by atoms with E-state index in [-0.39, 0.29) is 11.3 Å². The number of hydrogen-bond donors (Lipinski definition) is 1. The highest BCUT2D eigenvalue weighted by atomic mass is 19.1. The Morgan fingerprint density at radius 2 is 1.68 bits per heavy atom. The van der Waals surface area contributed by atoms with E-state index in [4.69, 9.17) is 0 Å². The maximum atomic E-state index is 13.7. The molecule has 130 valence electrons. The van der Waals surface area contributed by atoms with Crippen LogP contribution < -0.4 is 5.32 Å². The highest BCUT2D eigenvalue weighted by molar-refractivity contribution is 6.01. The van der Waals surface area contributed by atoms with E-state index < -0.39 is 35.3 Å². The third kappa shape index (κ3) is 3.65. The molecule has 0 unspecified atom stereocenters. The van der Waals surface area contributed by atoms with Gasteiger partial charge < -0.3 is 10.2 Å². The van der Waals surface area contributed by atoms with Gasteiger partial charge in [0.2, 0.25) is 5.91 Å². The number of carbonyl (C=O) groups is 2. The largest absolute Gasteiger partial charge is 0.327 e. The Bertz CT molecular complexity index is 808. The van der Waals surface area contributed by atoms with Crippen molar-refractivity contribution >= 4 is 17.5 Å². The molecule has 1 saturated heterocycles. The number of anilines is 1. The lowest BCUT2D eigenvalue weighted by molar-refractivity contribution is -0.119. The molecular weight excluding hydrogens is 333 g/mol. The lowest BCUT2D eigenvalue weighted by Crippen LogP contribution is -2.43. The van der Waals surface area contributed by atoms with Crippen LogP contribution in [-0.4, -0.2) is 29.3 Å². The van der Waals surface area contributed by atoms with Gasteiger partial charge in [0, 0.05) is 18.2 Å². The Morgan fingerprint density at radius 3 is 2.40 bits per heavy atom. The molecule has 0 saturated carbocycles. The number of benzene rings is 2. The summed E-state index contributed by atoms with van der Waals surface area (Å²) in [6.45, 7) is 0.361. The van der Waals surface area contributed by atoms with E-state index in [1.165, 1.54) is 29.2 Å². The molecule has 0 aromatic heterocycles. The van der Waals surface area contributed by atoms with Crippen molar-refractivity contribution in [2.45, 2.75) is 18.9 Å². The molecule has 7 heteroatoms. The van der Waals surface area contributed by atoms with Gasteiger partial charge in [0.15, 0.2) is 0 Å². The van der Waals surface area contributed by atoms with Gasteiger partial charge in [0.05, 0.1) is 5.69 Å². The van der Waals surface area contributed by atoms with Crippen LogP contribution in [0.3, 0.4) is 0 Å². The summed E-state index contributed by atoms with van der Waals surface area (Å²) in [4.78, 5) is 26.3. The Kier molecular flexibility index (Phi) is 4.74. The zero-order chi connectivity index (χ0) is 18.0. The first-order chi connectivity index (χ1) is 12.0. The van der Waals surface area contributed by atoms with Crippen LogP contribution in [0.5, 0.6) is 0 Å². The van der Waals surface area contributed by atoms with E-state index in [0.717, 1.165) is 18.2 Å². The lowest BCUT2D eigenvalue weighted by Gasteiger charge is -2.24. The highest BCUT2D eigenvalue weighted by Crippen LogP contribution is 2.23. The van der Waals surface area contributed by atoms with E-state index in [1.54, 1.807) is 0 Å². The number of likely N-dealkylation sites (tertiary alicyclic amines) is 1. The fourth-order valence-electron chi connectivity index (χ4n) is 2.85. The van der Waals surface area contributed by atoms with E-state index >= 15 is 0 Å². The fourth-order valence-corrected chi connectivity index (χ4v) is 2.85. The smallest absolute Gasteiger partial charge is 0.254 e. The minimum absolute atomic E-state index is 0.262. The van der Waals surface area contributed by atoms with Gasteiger partial charge in [-0.2, -0.15) is 0 Å². The summed E-state index contributed by atoms with van der Waals surface area (Å²) >= 11 is 0. The standard InChI is InChI=1S/C18H15F3N2O2/c19-12-5-3-11(4-6-12)18(25)23-9-1-2-16(23)17(24)22-15-10-13(20)7-8-14(15)21/h3-8,10,16H,1-2,9H2,(H,22,24)/t16-/m1/s1. The molecule has 2 aromatic rings. The average Bonchev–Trinajstić information content (AvgIpc) is 3.08. The molecule has 1 heterocycles. The van der Waals surface area contributed by atoms with Crippen molar-refractivity contribution in [1.29, 1.82) is 0 Å². The van der Waals surface area contributed by atoms with Gasteiger partial charge in [-0.25, -0.2) is 13.2 Å². The molecule has 1 N–H and O–H groups in total. The fraction of sp³-hybridized carbons (Fsp3) is 0.222. The van der Waals surface area contributed by atoms with E-state index in [1.807, 2.05) is 0 Å². The van der Waals surface area contributed by atoms with Crippen molar-refractivity contribution in [2.75, 3.05) is 11.9 Å². The molecule has 1 atom stereocenters. The second kappa shape index (κ2) is 6.96. The molecule has 2 aromatic carbocycles. The molecule has 0 bridgehead atoms. The van der Waals surface area contributed by atoms with Crippen LogP contribution in [0.2, 0.25) is 0 Å². The summed E-state index contributed by atoms with van der Waals surface area (Å²) in [7, 11) is 0. The Balaban J connectivity index is 1.76. The maximum Gasteiger partial charge on any atom is 0.254 e. The molecule has 4 nitrogen and oxygen atoms in total. The normalized spacial score (nSPS) is 16.8. The average molecular weight is 348 g/mol. The van der Waals surface area contributed by atoms with Gasteiger partial charge in [-0.3, -0.25) is 9.59 Å². The van der Waals surface area contributed by atoms with Crippen molar-refractivity contribution < 1.29 is 22.8 Å². The van der Waals surface area contributed by atoms with Crippen molar-refractivity contribution in [2.24, 2.45) is 0 Å². The number of halogens is 3. The minimum Gasteiger partial charge on any atom is -0.327 e. The Morgan fingerprint density at radius 1 is 1.00 bits per heavy atom. The molecule has 1 aliphatic rings. The van der Waals surface area contributed by atoms with Gasteiger partial charge in [-0.1, -0.05) is 0 Å². The first-order valence-corrected chi connectivity index (χ1v) is 7.78. The third-order valence-electron chi connectivity index (χ3n) is 4.09. The number of carbonyl (C=O) groups excluding carboxylic acids is 2. The SMILES string of the molecule is O=C(Nc1cc(F)ccc1F)[C@H]1CCCN1C(=O)c1ccc(F)cc1. The highest BCUT2D eigenvalue weighted by Gasteiger charge is 2.34. The summed E-state index contributed by atoms with van der Waals surface area (Å²) in [6, 6.07) is 6.98. The molecule has 0 aliphatic carbocycles. The molecule has 2 amide bonds. The molecule has 1 aliphatic heterocycles. The van der Waals surface area contributed by atoms with Crippen molar-refractivity contribution in [3.63, 3.8) is 0 Å². The second-order valence-corrected chi connectivity index (χ2v) is 5.78. The third-order valence-corrected chi connectivity index (χ3v) is 4.09. The number of nitrogens with zero attached hydrogens (tertiary/aromatic N) is 1. The Labute approximate surface area is 142 Å². The van der Waals surface area contributed by atoms with Crippen LogP contribution in [0, 0.1) is 17.5 Å². The predicted molar refractivity (Wildman–Crippen MR) is 85.4 cm³/mol. The van der Waals surface area contributed by atoms with Crippen molar-refractivity contribution in [3.8, 4) is 0 Å². The van der Waals surface area contributed by atoms with Crippen LogP contribution in [0.4, 0.5) is 18.9 Å². The first kappa shape index (κ1) is 17.0. The van der Waals surface area contributed by atoms with E-state index in [0.29, 0.717) is 19.4 Å². The number of hydrogen-bond acceptors (Lipinski definition) is 2. The van der Waals surface area contributed by atoms with E-state index in [9.17, 15) is 22.8 Å². The zero-order valence-electron chi connectivity index (χ0n) is 13.1. The molecule has 0 spiro atoms. The van der Waals surface area contributed by atoms with Crippen LogP contribution in [0.1, 0.15) is 23.2 Å². The quantitative estimate of drug-likeness (QED) is 0.925. The summed E-state index contributed by atoms with van der Waals surface area (Å²) < 4.78 is 39.9. The minimum atomic E-state index is -0.791. The second-order valence-electron chi connectivity index (χ2n) is 5.78. The van der Waals surface area contributed by atoms with E-state index in [2.05, 4.69) is 5.32 Å². The first-order valence-electron chi connectivity index (χ1n) is 7.78. The summed E-state index contributed by atoms with van der Waals surface area (Å²) in [5.74, 6) is -2.89. The van der Waals surface area contributed by atoms with Crippen LogP contribution >= 0.6 is 0 Å². The number of rotatable bonds is 3. The molecule has 0 radical (unpaired) electrons. The number of nitrogens with one attached hydrogen (secondary N) is 1. The van der Waals surface area contributed by atoms with Gasteiger partial charge in [-0.05, 0) is 49.2 Å². The predicted octanol–water partition coefficient (Wildman–Crippen LogP) is 3.35. The Hall–Kier alpha value is -2.83. The summed E-state index contributed by atoms with van der Waals surface area (Å²) in [5, 5.41) is 2.33. The topological polar surface area (TPSA) is 49.4 Å². The van der Waals surface area contributed by atoms with Crippen molar-refractivity contribution in [1.82, 2.24) is 4.90 Å². The molecule has 25 heavy (non-hydrogen) atoms. The van der Waals surface area contributed by atoms with Crippen molar-refractivity contribution in [3.05, 3.63) is 65.5 Å². The lowest BCUT2D eigenvalue weighted by atomic mass is 10.1. The summed E-state index contributed by atoms with van der Waals surface area (Å²) in [6.07, 6.45) is 1.02.